The molecule has 0 saturated heterocycles. The molecular formula is C15H11BrClFO6S. The molecule has 2 aromatic rings. The molecule has 25 heavy (non-hydrogen) atoms. The molecule has 0 bridgehead atoms. The second-order valence-corrected chi connectivity index (χ2v) is 8.19. The van der Waals surface area contributed by atoms with Gasteiger partial charge in [-0.05, 0) is 34.1 Å². The zero-order chi connectivity index (χ0) is 18.9. The number of halogens is 3. The summed E-state index contributed by atoms with van der Waals surface area (Å²) in [7, 11) is -2.93. The lowest BCUT2D eigenvalue weighted by Gasteiger charge is -2.13. The van der Waals surface area contributed by atoms with Crippen LogP contribution in [0.5, 0.6) is 11.5 Å². The molecule has 0 aliphatic heterocycles. The number of aromatic carboxylic acids is 1. The van der Waals surface area contributed by atoms with Crippen LogP contribution in [0.2, 0.25) is 5.02 Å². The van der Waals surface area contributed by atoms with Gasteiger partial charge in [0.1, 0.15) is 27.8 Å². The molecule has 0 aliphatic carbocycles. The van der Waals surface area contributed by atoms with Crippen LogP contribution < -0.4 is 4.74 Å². The Morgan fingerprint density at radius 2 is 1.96 bits per heavy atom. The van der Waals surface area contributed by atoms with Gasteiger partial charge in [-0.2, -0.15) is 0 Å². The maximum absolute atomic E-state index is 13.6. The first-order valence-corrected chi connectivity index (χ1v) is 9.39. The Labute approximate surface area is 155 Å². The molecule has 0 atom stereocenters. The van der Waals surface area contributed by atoms with Crippen molar-refractivity contribution in [3.8, 4) is 11.5 Å². The zero-order valence-electron chi connectivity index (χ0n) is 12.6. The molecule has 0 amide bonds. The highest BCUT2D eigenvalue weighted by atomic mass is 79.9. The SMILES string of the molecule is COc1cc(F)c(Br)cc1S(=O)(=O)Cc1cc(Cl)cc(C(=O)O)c1O. The van der Waals surface area contributed by atoms with Crippen LogP contribution in [0, 0.1) is 5.82 Å². The van der Waals surface area contributed by atoms with Crippen molar-refractivity contribution in [3.05, 3.63) is 50.7 Å². The van der Waals surface area contributed by atoms with Crippen LogP contribution in [0.25, 0.3) is 0 Å². The van der Waals surface area contributed by atoms with E-state index in [1.54, 1.807) is 0 Å². The molecule has 0 aliphatic rings. The molecule has 134 valence electrons. The van der Waals surface area contributed by atoms with Gasteiger partial charge in [0.2, 0.25) is 0 Å². The molecule has 2 rings (SSSR count). The fourth-order valence-electron chi connectivity index (χ4n) is 2.12. The summed E-state index contributed by atoms with van der Waals surface area (Å²) in [4.78, 5) is 10.8. The van der Waals surface area contributed by atoms with Crippen molar-refractivity contribution in [1.82, 2.24) is 0 Å². The zero-order valence-corrected chi connectivity index (χ0v) is 15.7. The number of rotatable bonds is 5. The third kappa shape index (κ3) is 4.05. The molecule has 0 heterocycles. The highest BCUT2D eigenvalue weighted by Crippen LogP contribution is 2.35. The Kier molecular flexibility index (Phi) is 5.60. The number of carbonyl (C=O) groups is 1. The minimum Gasteiger partial charge on any atom is -0.507 e. The lowest BCUT2D eigenvalue weighted by atomic mass is 10.1. The van der Waals surface area contributed by atoms with E-state index in [0.29, 0.717) is 0 Å². The normalized spacial score (nSPS) is 11.4. The molecule has 0 fully saturated rings. The van der Waals surface area contributed by atoms with Gasteiger partial charge in [-0.25, -0.2) is 17.6 Å². The van der Waals surface area contributed by atoms with Gasteiger partial charge in [0, 0.05) is 16.7 Å². The molecule has 10 heteroatoms. The van der Waals surface area contributed by atoms with Crippen molar-refractivity contribution in [2.75, 3.05) is 7.11 Å². The van der Waals surface area contributed by atoms with E-state index in [4.69, 9.17) is 21.4 Å². The summed E-state index contributed by atoms with van der Waals surface area (Å²) in [6.07, 6.45) is 0. The van der Waals surface area contributed by atoms with Crippen LogP contribution in [-0.4, -0.2) is 31.7 Å². The summed E-state index contributed by atoms with van der Waals surface area (Å²) in [5.41, 5.74) is -0.725. The van der Waals surface area contributed by atoms with E-state index in [1.807, 2.05) is 0 Å². The van der Waals surface area contributed by atoms with Crippen molar-refractivity contribution in [2.45, 2.75) is 10.6 Å². The van der Waals surface area contributed by atoms with Gasteiger partial charge in [0.05, 0.1) is 17.3 Å². The van der Waals surface area contributed by atoms with Gasteiger partial charge in [-0.15, -0.1) is 0 Å². The first-order chi connectivity index (χ1) is 11.6. The summed E-state index contributed by atoms with van der Waals surface area (Å²) < 4.78 is 43.7. The summed E-state index contributed by atoms with van der Waals surface area (Å²) in [6, 6.07) is 4.08. The van der Waals surface area contributed by atoms with Gasteiger partial charge in [0.25, 0.3) is 0 Å². The van der Waals surface area contributed by atoms with Crippen molar-refractivity contribution in [2.24, 2.45) is 0 Å². The van der Waals surface area contributed by atoms with Crippen molar-refractivity contribution in [3.63, 3.8) is 0 Å². The highest BCUT2D eigenvalue weighted by Gasteiger charge is 2.25. The summed E-state index contributed by atoms with van der Waals surface area (Å²) in [5, 5.41) is 19.0. The average molecular weight is 454 g/mol. The minimum atomic E-state index is -4.11. The molecule has 2 N–H and O–H groups in total. The number of aromatic hydroxyl groups is 1. The monoisotopic (exact) mass is 452 g/mol. The van der Waals surface area contributed by atoms with E-state index in [9.17, 15) is 22.7 Å². The first kappa shape index (κ1) is 19.5. The molecule has 0 radical (unpaired) electrons. The minimum absolute atomic E-state index is 0.0485. The second-order valence-electron chi connectivity index (χ2n) is 4.94. The maximum atomic E-state index is 13.6. The molecule has 0 spiro atoms. The summed E-state index contributed by atoms with van der Waals surface area (Å²) in [6.45, 7) is 0. The Hall–Kier alpha value is -1.84. The van der Waals surface area contributed by atoms with Crippen LogP contribution in [-0.2, 0) is 15.6 Å². The van der Waals surface area contributed by atoms with Crippen LogP contribution in [0.3, 0.4) is 0 Å². The molecule has 0 saturated carbocycles. The van der Waals surface area contributed by atoms with Crippen LogP contribution in [0.1, 0.15) is 15.9 Å². The fourth-order valence-corrected chi connectivity index (χ4v) is 4.39. The van der Waals surface area contributed by atoms with Gasteiger partial charge < -0.3 is 14.9 Å². The van der Waals surface area contributed by atoms with Gasteiger partial charge in [0.15, 0.2) is 9.84 Å². The maximum Gasteiger partial charge on any atom is 0.339 e. The Balaban J connectivity index is 2.58. The van der Waals surface area contributed by atoms with E-state index >= 15 is 0 Å². The molecule has 6 nitrogen and oxygen atoms in total. The lowest BCUT2D eigenvalue weighted by molar-refractivity contribution is 0.0693. The highest BCUT2D eigenvalue weighted by molar-refractivity contribution is 9.10. The number of carboxylic acids is 1. The molecule has 0 unspecified atom stereocenters. The Morgan fingerprint density at radius 1 is 1.32 bits per heavy atom. The number of ether oxygens (including phenoxy) is 1. The first-order valence-electron chi connectivity index (χ1n) is 6.57. The fraction of sp³-hybridized carbons (Fsp3) is 0.133. The molecular weight excluding hydrogens is 443 g/mol. The van der Waals surface area contributed by atoms with Crippen LogP contribution in [0.4, 0.5) is 4.39 Å². The van der Waals surface area contributed by atoms with E-state index in [1.165, 1.54) is 7.11 Å². The summed E-state index contributed by atoms with van der Waals surface area (Å²) in [5.74, 6) is -3.86. The second kappa shape index (κ2) is 7.19. The Morgan fingerprint density at radius 3 is 2.52 bits per heavy atom. The number of benzene rings is 2. The average Bonchev–Trinajstić information content (AvgIpc) is 2.52. The van der Waals surface area contributed by atoms with E-state index in [-0.39, 0.29) is 25.7 Å². The van der Waals surface area contributed by atoms with E-state index in [2.05, 4.69) is 15.9 Å². The predicted molar refractivity (Wildman–Crippen MR) is 91.6 cm³/mol. The van der Waals surface area contributed by atoms with E-state index < -0.39 is 38.7 Å². The van der Waals surface area contributed by atoms with Crippen molar-refractivity contribution >= 4 is 43.3 Å². The third-order valence-corrected chi connectivity index (χ3v) is 5.78. The topological polar surface area (TPSA) is 101 Å². The standard InChI is InChI=1S/C15H11BrClFO6S/c1-24-12-5-11(18)10(16)4-13(12)25(22,23)6-7-2-8(17)3-9(14(7)19)15(20)21/h2-5,19H,6H2,1H3,(H,20,21). The smallest absolute Gasteiger partial charge is 0.339 e. The molecule has 2 aromatic carbocycles. The van der Waals surface area contributed by atoms with Gasteiger partial charge in [-0.3, -0.25) is 0 Å². The number of sulfone groups is 1. The number of hydrogen-bond donors (Lipinski definition) is 2. The van der Waals surface area contributed by atoms with Gasteiger partial charge in [-0.1, -0.05) is 11.6 Å². The number of methoxy groups -OCH3 is 1. The number of phenols is 1. The van der Waals surface area contributed by atoms with Crippen molar-refractivity contribution in [1.29, 1.82) is 0 Å². The van der Waals surface area contributed by atoms with Crippen LogP contribution in [0.15, 0.2) is 33.6 Å². The van der Waals surface area contributed by atoms with Crippen molar-refractivity contribution < 1.29 is 32.6 Å². The van der Waals surface area contributed by atoms with E-state index in [0.717, 1.165) is 24.3 Å². The summed E-state index contributed by atoms with van der Waals surface area (Å²) >= 11 is 8.70. The lowest BCUT2D eigenvalue weighted by Crippen LogP contribution is -2.09. The largest absolute Gasteiger partial charge is 0.507 e. The molecule has 0 aromatic heterocycles. The third-order valence-electron chi connectivity index (χ3n) is 3.27. The van der Waals surface area contributed by atoms with Gasteiger partial charge >= 0.3 is 5.97 Å². The van der Waals surface area contributed by atoms with Crippen LogP contribution >= 0.6 is 27.5 Å². The quantitative estimate of drug-likeness (QED) is 0.671. The number of hydrogen-bond acceptors (Lipinski definition) is 5. The number of carboxylic acid groups (broad SMARTS) is 1. The Bertz CT molecular complexity index is 961. The predicted octanol–water partition coefficient (Wildman–Crippen LogP) is 3.63.